The third-order valence-corrected chi connectivity index (χ3v) is 13.6. The van der Waals surface area contributed by atoms with Gasteiger partial charge in [-0.25, -0.2) is 13.2 Å². The molecule has 2 aromatic rings. The molecule has 1 aromatic heterocycles. The number of imidazole rings is 1. The molecule has 322 valence electrons. The van der Waals surface area contributed by atoms with Crippen molar-refractivity contribution in [3.8, 4) is 6.01 Å². The second kappa shape index (κ2) is 17.8. The lowest BCUT2D eigenvalue weighted by atomic mass is 10.0. The topological polar surface area (TPSA) is 204 Å². The van der Waals surface area contributed by atoms with E-state index >= 15 is 0 Å². The van der Waals surface area contributed by atoms with E-state index in [1.54, 1.807) is 27.7 Å². The lowest BCUT2D eigenvalue weighted by molar-refractivity contribution is -0.138. The lowest BCUT2D eigenvalue weighted by Crippen LogP contribution is -2.49. The number of carbonyl (C=O) groups excluding carboxylic acids is 4. The van der Waals surface area contributed by atoms with Gasteiger partial charge in [-0.2, -0.15) is 4.98 Å². The van der Waals surface area contributed by atoms with Crippen LogP contribution in [0.15, 0.2) is 48.6 Å². The molecule has 5 N–H and O–H groups in total. The molecule has 1 saturated heterocycles. The second-order valence-corrected chi connectivity index (χ2v) is 20.1. The standard InChI is InChI=1S/C43H61N7O8S/c1-27(2)50-34-21-15-20-32(46-41(54)58-42(3,4)5)36(34)47-40(50)57-30-25-35(37(44)51)49(26-30)39(53)33(45-29-17-12-10-13-18-29)19-14-9-7-8-11-16-28-24-31(28)38(52)48-59(55,56)43(6)22-23-43/h10-13,15-18,21,27-28,30-33,35,45H,7-9,14,19-20,22-26H2,1-6H3,(H2,44,51)(H,46,54)(H,48,52)/b16-11-/t28-,30-,31+,32?,33+,35+/m1/s1. The van der Waals surface area contributed by atoms with Crippen LogP contribution < -0.4 is 25.8 Å². The van der Waals surface area contributed by atoms with Crippen molar-refractivity contribution in [2.75, 3.05) is 11.9 Å². The Hall–Kier alpha value is -4.86. The fraction of sp³-hybridized carbons (Fsp3) is 0.605. The summed E-state index contributed by atoms with van der Waals surface area (Å²) in [7, 11) is -3.63. The molecule has 3 fully saturated rings. The van der Waals surface area contributed by atoms with Crippen molar-refractivity contribution in [2.24, 2.45) is 17.6 Å². The number of primary amides is 1. The zero-order valence-corrected chi connectivity index (χ0v) is 35.9. The maximum Gasteiger partial charge on any atom is 0.408 e. The largest absolute Gasteiger partial charge is 0.459 e. The van der Waals surface area contributed by atoms with Crippen LogP contribution in [-0.2, 0) is 29.1 Å². The zero-order valence-electron chi connectivity index (χ0n) is 35.1. The number of sulfonamides is 1. The van der Waals surface area contributed by atoms with Crippen LogP contribution in [0.25, 0.3) is 6.08 Å². The molecule has 0 bridgehead atoms. The van der Waals surface area contributed by atoms with Gasteiger partial charge in [-0.3, -0.25) is 23.7 Å². The highest BCUT2D eigenvalue weighted by molar-refractivity contribution is 7.91. The first-order valence-electron chi connectivity index (χ1n) is 20.9. The number of hydrogen-bond donors (Lipinski definition) is 4. The molecule has 0 radical (unpaired) electrons. The number of para-hydroxylation sites is 1. The number of ether oxygens (including phenoxy) is 2. The van der Waals surface area contributed by atoms with E-state index in [9.17, 15) is 27.6 Å². The predicted octanol–water partition coefficient (Wildman–Crippen LogP) is 5.90. The molecule has 2 heterocycles. The number of hydrogen-bond acceptors (Lipinski definition) is 10. The monoisotopic (exact) mass is 835 g/mol. The van der Waals surface area contributed by atoms with E-state index in [2.05, 4.69) is 21.4 Å². The minimum atomic E-state index is -3.63. The molecule has 15 nitrogen and oxygen atoms in total. The van der Waals surface area contributed by atoms with E-state index in [-0.39, 0.29) is 36.8 Å². The van der Waals surface area contributed by atoms with E-state index < -0.39 is 62.5 Å². The molecule has 0 spiro atoms. The Bertz CT molecular complexity index is 2040. The van der Waals surface area contributed by atoms with Crippen LogP contribution in [-0.4, -0.2) is 81.8 Å². The van der Waals surface area contributed by atoms with Crippen molar-refractivity contribution in [1.29, 1.82) is 0 Å². The SMILES string of the molecule is CC(C)n1c(O[C@@H]2C[C@@H](C(N)=O)N(C(=O)[C@H](CCCCC/C=C\[C@@H]3C[C@@H]3C(=O)NS(=O)(=O)C3(C)CC3)Nc3ccccc3)C2)nc2c1C=CCC2NC(=O)OC(C)(C)C. The number of nitrogens with zero attached hydrogens (tertiary/aromatic N) is 3. The third-order valence-electron chi connectivity index (χ3n) is 11.4. The highest BCUT2D eigenvalue weighted by atomic mass is 32.2. The van der Waals surface area contributed by atoms with Gasteiger partial charge in [-0.1, -0.05) is 49.3 Å². The fourth-order valence-electron chi connectivity index (χ4n) is 7.75. The molecule has 6 rings (SSSR count). The number of allylic oxidation sites excluding steroid dienone is 2. The summed E-state index contributed by atoms with van der Waals surface area (Å²) in [6, 6.07) is 7.83. The minimum Gasteiger partial charge on any atom is -0.459 e. The van der Waals surface area contributed by atoms with Gasteiger partial charge >= 0.3 is 6.09 Å². The third kappa shape index (κ3) is 10.9. The highest BCUT2D eigenvalue weighted by Gasteiger charge is 2.52. The number of nitrogens with two attached hydrogens (primary N) is 1. The maximum atomic E-state index is 14.4. The second-order valence-electron chi connectivity index (χ2n) is 17.9. The number of benzene rings is 1. The lowest BCUT2D eigenvalue weighted by Gasteiger charge is -2.28. The number of fused-ring (bicyclic) bond motifs is 1. The number of carbonyl (C=O) groups is 4. The van der Waals surface area contributed by atoms with E-state index in [1.807, 2.05) is 67.0 Å². The molecule has 59 heavy (non-hydrogen) atoms. The Kier molecular flexibility index (Phi) is 13.2. The zero-order chi connectivity index (χ0) is 42.7. The van der Waals surface area contributed by atoms with Crippen LogP contribution in [0.4, 0.5) is 10.5 Å². The van der Waals surface area contributed by atoms with Crippen molar-refractivity contribution in [3.63, 3.8) is 0 Å². The summed E-state index contributed by atoms with van der Waals surface area (Å²) in [6.45, 7) is 11.2. The van der Waals surface area contributed by atoms with Crippen LogP contribution >= 0.6 is 0 Å². The van der Waals surface area contributed by atoms with Gasteiger partial charge in [0.2, 0.25) is 27.7 Å². The number of nitrogens with one attached hydrogen (secondary N) is 3. The molecule has 2 saturated carbocycles. The summed E-state index contributed by atoms with van der Waals surface area (Å²) >= 11 is 0. The van der Waals surface area contributed by atoms with Crippen molar-refractivity contribution in [1.82, 2.24) is 24.5 Å². The van der Waals surface area contributed by atoms with E-state index in [0.717, 1.165) is 37.1 Å². The van der Waals surface area contributed by atoms with Crippen molar-refractivity contribution < 1.29 is 37.1 Å². The molecule has 6 atom stereocenters. The molecule has 3 aliphatic carbocycles. The number of rotatable bonds is 18. The number of likely N-dealkylation sites (tertiary alicyclic amines) is 1. The molecule has 1 aromatic carbocycles. The van der Waals surface area contributed by atoms with E-state index in [0.29, 0.717) is 43.8 Å². The summed E-state index contributed by atoms with van der Waals surface area (Å²) in [5, 5.41) is 6.33. The van der Waals surface area contributed by atoms with Gasteiger partial charge in [0.15, 0.2) is 0 Å². The Labute approximate surface area is 348 Å². The number of alkyl carbamates (subject to hydrolysis) is 1. The number of aromatic nitrogens is 2. The van der Waals surface area contributed by atoms with Gasteiger partial charge in [-0.05, 0) is 111 Å². The number of unbranched alkanes of at least 4 members (excludes halogenated alkanes) is 3. The molecular formula is C43H61N7O8S. The van der Waals surface area contributed by atoms with Gasteiger partial charge in [0.25, 0.3) is 6.01 Å². The Morgan fingerprint density at radius 2 is 1.80 bits per heavy atom. The van der Waals surface area contributed by atoms with Crippen LogP contribution in [0.3, 0.4) is 0 Å². The first-order chi connectivity index (χ1) is 27.9. The van der Waals surface area contributed by atoms with Crippen LogP contribution in [0.5, 0.6) is 6.01 Å². The van der Waals surface area contributed by atoms with Crippen molar-refractivity contribution in [2.45, 2.75) is 146 Å². The first kappa shape index (κ1) is 43.7. The molecule has 4 amide bonds. The summed E-state index contributed by atoms with van der Waals surface area (Å²) in [4.78, 5) is 58.8. The van der Waals surface area contributed by atoms with Crippen molar-refractivity contribution in [3.05, 3.63) is 59.9 Å². The Balaban J connectivity index is 1.06. The normalized spacial score (nSPS) is 23.7. The summed E-state index contributed by atoms with van der Waals surface area (Å²) in [5.74, 6) is -1.52. The Morgan fingerprint density at radius 3 is 2.46 bits per heavy atom. The van der Waals surface area contributed by atoms with E-state index in [1.165, 1.54) is 4.90 Å². The minimum absolute atomic E-state index is 0.0477. The van der Waals surface area contributed by atoms with Crippen LogP contribution in [0, 0.1) is 11.8 Å². The summed E-state index contributed by atoms with van der Waals surface area (Å²) in [5.41, 5.74) is 7.50. The first-order valence-corrected chi connectivity index (χ1v) is 22.4. The number of amides is 4. The maximum absolute atomic E-state index is 14.4. The van der Waals surface area contributed by atoms with E-state index in [4.69, 9.17) is 20.2 Å². The van der Waals surface area contributed by atoms with Crippen molar-refractivity contribution >= 4 is 45.6 Å². The molecule has 1 aliphatic heterocycles. The van der Waals surface area contributed by atoms with Gasteiger partial charge < -0.3 is 30.7 Å². The summed E-state index contributed by atoms with van der Waals surface area (Å²) in [6.07, 6.45) is 13.2. The van der Waals surface area contributed by atoms with Crippen LogP contribution in [0.2, 0.25) is 0 Å². The fourth-order valence-corrected chi connectivity index (χ4v) is 9.05. The highest BCUT2D eigenvalue weighted by Crippen LogP contribution is 2.44. The van der Waals surface area contributed by atoms with Gasteiger partial charge in [-0.15, -0.1) is 0 Å². The predicted molar refractivity (Wildman–Crippen MR) is 224 cm³/mol. The average Bonchev–Trinajstić information content (AvgIpc) is 4.03. The number of anilines is 1. The van der Waals surface area contributed by atoms with Gasteiger partial charge in [0.1, 0.15) is 23.8 Å². The molecular weight excluding hydrogens is 775 g/mol. The molecule has 4 aliphatic rings. The quantitative estimate of drug-likeness (QED) is 0.103. The smallest absolute Gasteiger partial charge is 0.408 e. The van der Waals surface area contributed by atoms with Crippen LogP contribution in [0.1, 0.15) is 129 Å². The summed E-state index contributed by atoms with van der Waals surface area (Å²) < 4.78 is 40.3. The molecule has 16 heteroatoms. The van der Waals surface area contributed by atoms with Gasteiger partial charge in [0.05, 0.1) is 28.7 Å². The van der Waals surface area contributed by atoms with Gasteiger partial charge in [0, 0.05) is 24.1 Å². The molecule has 1 unspecified atom stereocenters. The Morgan fingerprint density at radius 1 is 1.07 bits per heavy atom. The average molecular weight is 836 g/mol.